The molecule has 0 spiro atoms. The first-order chi connectivity index (χ1) is 13.1. The van der Waals surface area contributed by atoms with Gasteiger partial charge in [0.1, 0.15) is 18.9 Å². The Morgan fingerprint density at radius 2 is 2.26 bits per heavy atom. The topological polar surface area (TPSA) is 85.7 Å². The lowest BCUT2D eigenvalue weighted by atomic mass is 10.1. The average Bonchev–Trinajstić information content (AvgIpc) is 3.11. The summed E-state index contributed by atoms with van der Waals surface area (Å²) in [6.45, 7) is 3.86. The van der Waals surface area contributed by atoms with E-state index in [0.29, 0.717) is 37.6 Å². The molecule has 0 bridgehead atoms. The molecule has 0 aliphatic carbocycles. The van der Waals surface area contributed by atoms with Gasteiger partial charge in [-0.15, -0.1) is 0 Å². The second-order valence-electron chi connectivity index (χ2n) is 6.49. The molecule has 0 radical (unpaired) electrons. The van der Waals surface area contributed by atoms with E-state index in [1.165, 1.54) is 0 Å². The molecule has 0 saturated heterocycles. The van der Waals surface area contributed by atoms with Crippen LogP contribution in [0, 0.1) is 0 Å². The highest BCUT2D eigenvalue weighted by Gasteiger charge is 2.26. The minimum absolute atomic E-state index is 0.0214. The maximum Gasteiger partial charge on any atom is 0.251 e. The van der Waals surface area contributed by atoms with Gasteiger partial charge in [0, 0.05) is 43.7 Å². The summed E-state index contributed by atoms with van der Waals surface area (Å²) in [5.41, 5.74) is 1.35. The largest absolute Gasteiger partial charge is 0.491 e. The molecule has 0 fully saturated rings. The number of rotatable bonds is 6. The second-order valence-corrected chi connectivity index (χ2v) is 6.49. The van der Waals surface area contributed by atoms with E-state index in [1.54, 1.807) is 53.5 Å². The van der Waals surface area contributed by atoms with E-state index in [-0.39, 0.29) is 24.4 Å². The maximum absolute atomic E-state index is 12.8. The van der Waals surface area contributed by atoms with Crippen LogP contribution in [0.3, 0.4) is 0 Å². The van der Waals surface area contributed by atoms with Gasteiger partial charge < -0.3 is 24.3 Å². The third kappa shape index (κ3) is 4.65. The Labute approximate surface area is 158 Å². The molecule has 3 rings (SSSR count). The minimum atomic E-state index is -0.177. The fourth-order valence-corrected chi connectivity index (χ4v) is 2.95. The van der Waals surface area contributed by atoms with Crippen LogP contribution >= 0.6 is 0 Å². The number of fused-ring (bicyclic) bond motifs is 1. The number of nitrogens with one attached hydrogen (secondary N) is 1. The molecule has 144 valence electrons. The van der Waals surface area contributed by atoms with Gasteiger partial charge in [-0.25, -0.2) is 4.98 Å². The van der Waals surface area contributed by atoms with Crippen molar-refractivity contribution < 1.29 is 19.1 Å². The Hall–Kier alpha value is -2.87. The Bertz CT molecular complexity index is 791. The minimum Gasteiger partial charge on any atom is -0.491 e. The molecule has 1 atom stereocenters. The molecule has 8 heteroatoms. The molecule has 2 amide bonds. The number of ether oxygens (including phenoxy) is 2. The molecular formula is C19H24N4O4. The number of nitrogens with zero attached hydrogens (tertiary/aromatic N) is 3. The highest BCUT2D eigenvalue weighted by molar-refractivity contribution is 5.94. The number of hydrogen-bond acceptors (Lipinski definition) is 5. The van der Waals surface area contributed by atoms with Crippen LogP contribution in [0.2, 0.25) is 0 Å². The zero-order valence-corrected chi connectivity index (χ0v) is 15.6. The molecule has 0 unspecified atom stereocenters. The summed E-state index contributed by atoms with van der Waals surface area (Å²) in [4.78, 5) is 30.8. The first-order valence-electron chi connectivity index (χ1n) is 8.86. The molecule has 2 aromatic rings. The zero-order valence-electron chi connectivity index (χ0n) is 15.6. The quantitative estimate of drug-likeness (QED) is 0.767. The summed E-state index contributed by atoms with van der Waals surface area (Å²) in [7, 11) is 1.59. The van der Waals surface area contributed by atoms with Crippen molar-refractivity contribution in [3.05, 3.63) is 48.0 Å². The summed E-state index contributed by atoms with van der Waals surface area (Å²) in [5, 5.41) is 2.80. The zero-order chi connectivity index (χ0) is 19.2. The molecule has 1 aliphatic heterocycles. The molecular weight excluding hydrogens is 348 g/mol. The number of carbonyl (C=O) groups excluding carboxylic acids is 2. The number of hydrogen-bond donors (Lipinski definition) is 1. The molecule has 27 heavy (non-hydrogen) atoms. The van der Waals surface area contributed by atoms with E-state index < -0.39 is 0 Å². The molecule has 1 aromatic carbocycles. The van der Waals surface area contributed by atoms with Gasteiger partial charge in [0.2, 0.25) is 5.91 Å². The van der Waals surface area contributed by atoms with Gasteiger partial charge in [0.15, 0.2) is 0 Å². The summed E-state index contributed by atoms with van der Waals surface area (Å²) >= 11 is 0. The smallest absolute Gasteiger partial charge is 0.251 e. The molecule has 2 heterocycles. The third-order valence-corrected chi connectivity index (χ3v) is 4.46. The Balaban J connectivity index is 1.75. The van der Waals surface area contributed by atoms with Crippen LogP contribution in [0.4, 0.5) is 0 Å². The molecule has 1 aliphatic rings. The highest BCUT2D eigenvalue weighted by atomic mass is 16.5. The number of imidazole rings is 1. The van der Waals surface area contributed by atoms with Gasteiger partial charge in [-0.1, -0.05) is 0 Å². The maximum atomic E-state index is 12.8. The Morgan fingerprint density at radius 1 is 1.41 bits per heavy atom. The van der Waals surface area contributed by atoms with Crippen molar-refractivity contribution >= 4 is 11.8 Å². The predicted octanol–water partition coefficient (Wildman–Crippen LogP) is 1.07. The van der Waals surface area contributed by atoms with Crippen molar-refractivity contribution in [1.29, 1.82) is 0 Å². The first kappa shape index (κ1) is 18.9. The van der Waals surface area contributed by atoms with E-state index in [1.807, 2.05) is 6.92 Å². The van der Waals surface area contributed by atoms with Crippen molar-refractivity contribution in [2.75, 3.05) is 26.9 Å². The van der Waals surface area contributed by atoms with Crippen LogP contribution < -0.4 is 10.1 Å². The van der Waals surface area contributed by atoms with E-state index in [4.69, 9.17) is 9.47 Å². The molecule has 8 nitrogen and oxygen atoms in total. The third-order valence-electron chi connectivity index (χ3n) is 4.46. The molecule has 1 N–H and O–H groups in total. The monoisotopic (exact) mass is 372 g/mol. The fourth-order valence-electron chi connectivity index (χ4n) is 2.95. The van der Waals surface area contributed by atoms with Gasteiger partial charge >= 0.3 is 0 Å². The van der Waals surface area contributed by atoms with Gasteiger partial charge in [-0.3, -0.25) is 9.59 Å². The van der Waals surface area contributed by atoms with Crippen molar-refractivity contribution in [2.45, 2.75) is 26.1 Å². The van der Waals surface area contributed by atoms with Gasteiger partial charge in [0.25, 0.3) is 5.91 Å². The van der Waals surface area contributed by atoms with E-state index in [0.717, 1.165) is 5.56 Å². The first-order valence-corrected chi connectivity index (χ1v) is 8.86. The molecule has 1 aromatic heterocycles. The fraction of sp³-hybridized carbons (Fsp3) is 0.421. The SMILES string of the molecule is COCCNC(=O)c1ccc2c(c1)CN(C(=O)Cn1ccnc1)[C@@H](C)CO2. The second kappa shape index (κ2) is 8.68. The van der Waals surface area contributed by atoms with Crippen LogP contribution in [0.15, 0.2) is 36.9 Å². The number of carbonyl (C=O) groups is 2. The lowest BCUT2D eigenvalue weighted by molar-refractivity contribution is -0.134. The van der Waals surface area contributed by atoms with E-state index >= 15 is 0 Å². The lowest BCUT2D eigenvalue weighted by Crippen LogP contribution is -2.41. The Morgan fingerprint density at radius 3 is 3.00 bits per heavy atom. The summed E-state index contributed by atoms with van der Waals surface area (Å²) < 4.78 is 12.5. The number of amides is 2. The number of benzene rings is 1. The average molecular weight is 372 g/mol. The van der Waals surface area contributed by atoms with Crippen molar-refractivity contribution in [3.63, 3.8) is 0 Å². The highest BCUT2D eigenvalue weighted by Crippen LogP contribution is 2.26. The van der Waals surface area contributed by atoms with Crippen LogP contribution in [-0.2, 0) is 22.6 Å². The van der Waals surface area contributed by atoms with Crippen molar-refractivity contribution in [3.8, 4) is 5.75 Å². The summed E-state index contributed by atoms with van der Waals surface area (Å²) in [6.07, 6.45) is 5.02. The summed E-state index contributed by atoms with van der Waals surface area (Å²) in [5.74, 6) is 0.503. The predicted molar refractivity (Wildman–Crippen MR) is 98.4 cm³/mol. The van der Waals surface area contributed by atoms with Crippen LogP contribution in [-0.4, -0.2) is 59.2 Å². The standard InChI is InChI=1S/C19H24N4O4/c1-14-12-27-17-4-3-15(19(25)21-6-8-26-2)9-16(17)10-23(14)18(24)11-22-7-5-20-13-22/h3-5,7,9,13-14H,6,8,10-12H2,1-2H3,(H,21,25)/t14-/m0/s1. The van der Waals surface area contributed by atoms with E-state index in [9.17, 15) is 9.59 Å². The normalized spacial score (nSPS) is 16.2. The Kier molecular flexibility index (Phi) is 6.08. The number of methoxy groups -OCH3 is 1. The molecule has 0 saturated carbocycles. The van der Waals surface area contributed by atoms with E-state index in [2.05, 4.69) is 10.3 Å². The van der Waals surface area contributed by atoms with Crippen LogP contribution in [0.1, 0.15) is 22.8 Å². The van der Waals surface area contributed by atoms with Crippen molar-refractivity contribution in [1.82, 2.24) is 19.8 Å². The number of aromatic nitrogens is 2. The van der Waals surface area contributed by atoms with Crippen molar-refractivity contribution in [2.24, 2.45) is 0 Å². The van der Waals surface area contributed by atoms with Gasteiger partial charge in [0.05, 0.1) is 19.0 Å². The van der Waals surface area contributed by atoms with Crippen LogP contribution in [0.5, 0.6) is 5.75 Å². The lowest BCUT2D eigenvalue weighted by Gasteiger charge is -2.26. The summed E-state index contributed by atoms with van der Waals surface area (Å²) in [6, 6.07) is 5.23. The van der Waals surface area contributed by atoms with Crippen LogP contribution in [0.25, 0.3) is 0 Å². The van der Waals surface area contributed by atoms with Gasteiger partial charge in [-0.2, -0.15) is 0 Å². The van der Waals surface area contributed by atoms with Gasteiger partial charge in [-0.05, 0) is 25.1 Å².